The maximum atomic E-state index is 13.8. The molecule has 0 unspecified atom stereocenters. The highest BCUT2D eigenvalue weighted by molar-refractivity contribution is 7.20. The molecule has 7 heteroatoms. The van der Waals surface area contributed by atoms with Gasteiger partial charge in [-0.2, -0.15) is 0 Å². The molecule has 0 atom stereocenters. The normalized spacial score (nSPS) is 14.6. The van der Waals surface area contributed by atoms with E-state index in [1.807, 2.05) is 18.2 Å². The summed E-state index contributed by atoms with van der Waals surface area (Å²) < 4.78 is 19.9. The number of ether oxygens (including phenoxy) is 1. The number of hydrogen-bond donors (Lipinski definition) is 1. The smallest absolute Gasteiger partial charge is 0.261 e. The van der Waals surface area contributed by atoms with Gasteiger partial charge in [-0.3, -0.25) is 4.79 Å². The van der Waals surface area contributed by atoms with Crippen molar-refractivity contribution in [1.82, 2.24) is 10.3 Å². The first kappa shape index (κ1) is 16.9. The van der Waals surface area contributed by atoms with E-state index in [0.29, 0.717) is 30.0 Å². The van der Waals surface area contributed by atoms with Gasteiger partial charge in [0.05, 0.1) is 18.1 Å². The summed E-state index contributed by atoms with van der Waals surface area (Å²) in [6.07, 6.45) is 1.75. The number of carbonyl (C=O) groups is 1. The van der Waals surface area contributed by atoms with Crippen LogP contribution < -0.4 is 10.2 Å². The monoisotopic (exact) mass is 371 g/mol. The molecule has 134 valence electrons. The number of aromatic nitrogens is 1. The number of thiophene rings is 1. The zero-order chi connectivity index (χ0) is 17.9. The number of hydrogen-bond acceptors (Lipinski definition) is 5. The topological polar surface area (TPSA) is 54.5 Å². The van der Waals surface area contributed by atoms with E-state index in [4.69, 9.17) is 4.74 Å². The van der Waals surface area contributed by atoms with Crippen LogP contribution in [0.3, 0.4) is 0 Å². The number of nitrogens with zero attached hydrogens (tertiary/aromatic N) is 2. The van der Waals surface area contributed by atoms with Crippen LogP contribution in [0.2, 0.25) is 0 Å². The Morgan fingerprint density at radius 3 is 2.92 bits per heavy atom. The maximum Gasteiger partial charge on any atom is 0.261 e. The Labute approximate surface area is 154 Å². The average Bonchev–Trinajstić information content (AvgIpc) is 3.13. The number of morpholine rings is 1. The molecule has 3 aromatic rings. The SMILES string of the molecule is O=C(NCc1ccnc(N2CCOCC2)c1)c1cc2c(F)cccc2s1. The van der Waals surface area contributed by atoms with E-state index < -0.39 is 0 Å². The second-order valence-corrected chi connectivity index (χ2v) is 7.15. The predicted octanol–water partition coefficient (Wildman–Crippen LogP) is 3.20. The summed E-state index contributed by atoms with van der Waals surface area (Å²) in [6, 6.07) is 10.3. The minimum Gasteiger partial charge on any atom is -0.378 e. The van der Waals surface area contributed by atoms with Gasteiger partial charge in [-0.15, -0.1) is 11.3 Å². The van der Waals surface area contributed by atoms with Gasteiger partial charge in [0.2, 0.25) is 0 Å². The van der Waals surface area contributed by atoms with E-state index in [-0.39, 0.29) is 11.7 Å². The number of benzene rings is 1. The number of carbonyl (C=O) groups excluding carboxylic acids is 1. The van der Waals surface area contributed by atoms with E-state index in [9.17, 15) is 9.18 Å². The van der Waals surface area contributed by atoms with Gasteiger partial charge in [0.15, 0.2) is 0 Å². The molecule has 1 aromatic carbocycles. The lowest BCUT2D eigenvalue weighted by Gasteiger charge is -2.28. The zero-order valence-electron chi connectivity index (χ0n) is 14.1. The van der Waals surface area contributed by atoms with Crippen molar-refractivity contribution in [2.75, 3.05) is 31.2 Å². The average molecular weight is 371 g/mol. The van der Waals surface area contributed by atoms with Crippen molar-refractivity contribution in [1.29, 1.82) is 0 Å². The van der Waals surface area contributed by atoms with Crippen LogP contribution in [0.1, 0.15) is 15.2 Å². The summed E-state index contributed by atoms with van der Waals surface area (Å²) >= 11 is 1.29. The molecule has 1 N–H and O–H groups in total. The van der Waals surface area contributed by atoms with Crippen LogP contribution >= 0.6 is 11.3 Å². The highest BCUT2D eigenvalue weighted by atomic mass is 32.1. The van der Waals surface area contributed by atoms with Crippen molar-refractivity contribution >= 4 is 33.1 Å². The van der Waals surface area contributed by atoms with Crippen molar-refractivity contribution in [2.24, 2.45) is 0 Å². The molecule has 5 nitrogen and oxygen atoms in total. The molecule has 0 spiro atoms. The van der Waals surface area contributed by atoms with Gasteiger partial charge in [0.1, 0.15) is 11.6 Å². The van der Waals surface area contributed by atoms with Crippen LogP contribution in [0.5, 0.6) is 0 Å². The third kappa shape index (κ3) is 3.54. The van der Waals surface area contributed by atoms with E-state index in [1.165, 1.54) is 17.4 Å². The summed E-state index contributed by atoms with van der Waals surface area (Å²) in [6.45, 7) is 3.43. The molecule has 1 fully saturated rings. The van der Waals surface area contributed by atoms with Gasteiger partial charge >= 0.3 is 0 Å². The van der Waals surface area contributed by atoms with E-state index in [1.54, 1.807) is 18.3 Å². The number of fused-ring (bicyclic) bond motifs is 1. The largest absolute Gasteiger partial charge is 0.378 e. The third-order valence-electron chi connectivity index (χ3n) is 4.33. The predicted molar refractivity (Wildman–Crippen MR) is 100 cm³/mol. The summed E-state index contributed by atoms with van der Waals surface area (Å²) in [5.41, 5.74) is 0.974. The number of halogens is 1. The maximum absolute atomic E-state index is 13.8. The number of rotatable bonds is 4. The number of amides is 1. The van der Waals surface area contributed by atoms with Gasteiger partial charge in [-0.1, -0.05) is 6.07 Å². The summed E-state index contributed by atoms with van der Waals surface area (Å²) in [7, 11) is 0. The molecule has 4 rings (SSSR count). The van der Waals surface area contributed by atoms with Gasteiger partial charge in [0.25, 0.3) is 5.91 Å². The molecule has 0 aliphatic carbocycles. The molecule has 1 aliphatic heterocycles. The Hall–Kier alpha value is -2.51. The van der Waals surface area contributed by atoms with E-state index in [2.05, 4.69) is 15.2 Å². The van der Waals surface area contributed by atoms with Crippen molar-refractivity contribution in [3.63, 3.8) is 0 Å². The fraction of sp³-hybridized carbons (Fsp3) is 0.263. The van der Waals surface area contributed by atoms with Crippen LogP contribution in [0.15, 0.2) is 42.6 Å². The third-order valence-corrected chi connectivity index (χ3v) is 5.43. The fourth-order valence-corrected chi connectivity index (χ4v) is 3.93. The van der Waals surface area contributed by atoms with Crippen LogP contribution in [0, 0.1) is 5.82 Å². The summed E-state index contributed by atoms with van der Waals surface area (Å²) in [4.78, 5) is 19.5. The molecule has 1 saturated heterocycles. The fourth-order valence-electron chi connectivity index (χ4n) is 2.94. The molecule has 26 heavy (non-hydrogen) atoms. The summed E-state index contributed by atoms with van der Waals surface area (Å²) in [5, 5.41) is 3.39. The second kappa shape index (κ2) is 7.39. The lowest BCUT2D eigenvalue weighted by molar-refractivity contribution is 0.0955. The summed E-state index contributed by atoms with van der Waals surface area (Å²) in [5.74, 6) is 0.390. The van der Waals surface area contributed by atoms with Crippen molar-refractivity contribution < 1.29 is 13.9 Å². The first-order valence-corrected chi connectivity index (χ1v) is 9.26. The lowest BCUT2D eigenvalue weighted by atomic mass is 10.2. The first-order valence-electron chi connectivity index (χ1n) is 8.44. The Bertz CT molecular complexity index is 937. The molecule has 0 bridgehead atoms. The molecular formula is C19H18FN3O2S. The first-order chi connectivity index (χ1) is 12.7. The van der Waals surface area contributed by atoms with Gasteiger partial charge < -0.3 is 15.0 Å². The molecule has 1 amide bonds. The number of pyridine rings is 1. The quantitative estimate of drug-likeness (QED) is 0.765. The molecular weight excluding hydrogens is 353 g/mol. The number of nitrogens with one attached hydrogen (secondary N) is 1. The van der Waals surface area contributed by atoms with Gasteiger partial charge in [-0.05, 0) is 35.9 Å². The van der Waals surface area contributed by atoms with Gasteiger partial charge in [-0.25, -0.2) is 9.37 Å². The molecule has 3 heterocycles. The Balaban J connectivity index is 1.44. The van der Waals surface area contributed by atoms with Gasteiger partial charge in [0, 0.05) is 35.9 Å². The highest BCUT2D eigenvalue weighted by Gasteiger charge is 2.14. The van der Waals surface area contributed by atoms with E-state index >= 15 is 0 Å². The minimum atomic E-state index is -0.304. The Morgan fingerprint density at radius 2 is 2.12 bits per heavy atom. The molecule has 0 radical (unpaired) electrons. The molecule has 2 aromatic heterocycles. The van der Waals surface area contributed by atoms with Crippen molar-refractivity contribution in [3.05, 3.63) is 58.9 Å². The van der Waals surface area contributed by atoms with Crippen LogP contribution in [-0.2, 0) is 11.3 Å². The number of anilines is 1. The lowest BCUT2D eigenvalue weighted by Crippen LogP contribution is -2.36. The molecule has 0 saturated carbocycles. The van der Waals surface area contributed by atoms with E-state index in [0.717, 1.165) is 29.2 Å². The Morgan fingerprint density at radius 1 is 1.27 bits per heavy atom. The van der Waals surface area contributed by atoms with Crippen LogP contribution in [-0.4, -0.2) is 37.2 Å². The molecule has 1 aliphatic rings. The van der Waals surface area contributed by atoms with Crippen molar-refractivity contribution in [3.8, 4) is 0 Å². The Kier molecular flexibility index (Phi) is 4.81. The standard InChI is InChI=1S/C19H18FN3O2S/c20-15-2-1-3-16-14(15)11-17(26-16)19(24)22-12-13-4-5-21-18(10-13)23-6-8-25-9-7-23/h1-5,10-11H,6-9,12H2,(H,22,24). The highest BCUT2D eigenvalue weighted by Crippen LogP contribution is 2.27. The van der Waals surface area contributed by atoms with Crippen LogP contribution in [0.4, 0.5) is 10.2 Å². The second-order valence-electron chi connectivity index (χ2n) is 6.07. The van der Waals surface area contributed by atoms with Crippen molar-refractivity contribution in [2.45, 2.75) is 6.54 Å². The zero-order valence-corrected chi connectivity index (χ0v) is 14.9. The minimum absolute atomic E-state index is 0.199. The van der Waals surface area contributed by atoms with Crippen LogP contribution in [0.25, 0.3) is 10.1 Å².